The summed E-state index contributed by atoms with van der Waals surface area (Å²) < 4.78 is 27.8. The fourth-order valence-electron chi connectivity index (χ4n) is 2.69. The first-order valence-corrected chi connectivity index (χ1v) is 7.78. The number of hydrazine groups is 1. The largest absolute Gasteiger partial charge is 0.397 e. The lowest BCUT2D eigenvalue weighted by molar-refractivity contribution is 0.509. The van der Waals surface area contributed by atoms with E-state index in [2.05, 4.69) is 9.97 Å². The van der Waals surface area contributed by atoms with Crippen molar-refractivity contribution in [2.45, 2.75) is 13.8 Å². The van der Waals surface area contributed by atoms with Gasteiger partial charge in [-0.3, -0.25) is 14.8 Å². The Morgan fingerprint density at radius 3 is 2.44 bits per heavy atom. The second-order valence-electron chi connectivity index (χ2n) is 5.96. The van der Waals surface area contributed by atoms with Crippen LogP contribution in [0.25, 0.3) is 5.69 Å². The minimum Gasteiger partial charge on any atom is -0.397 e. The first-order chi connectivity index (χ1) is 12.7. The molecule has 0 atom stereocenters. The molecule has 0 bridgehead atoms. The first kappa shape index (κ1) is 18.3. The van der Waals surface area contributed by atoms with E-state index in [1.54, 1.807) is 19.2 Å². The van der Waals surface area contributed by atoms with Crippen LogP contribution in [-0.4, -0.2) is 14.5 Å². The fourth-order valence-corrected chi connectivity index (χ4v) is 2.69. The third-order valence-electron chi connectivity index (χ3n) is 3.95. The Hall–Kier alpha value is -3.53. The van der Waals surface area contributed by atoms with Crippen molar-refractivity contribution in [3.05, 3.63) is 74.3 Å². The predicted octanol–water partition coefficient (Wildman–Crippen LogP) is 1.41. The van der Waals surface area contributed by atoms with Crippen LogP contribution in [0.3, 0.4) is 0 Å². The van der Waals surface area contributed by atoms with Gasteiger partial charge in [0.1, 0.15) is 5.69 Å². The first-order valence-electron chi connectivity index (χ1n) is 7.78. The molecular weight excluding hydrogens is 358 g/mol. The lowest BCUT2D eigenvalue weighted by Gasteiger charge is -2.22. The molecule has 27 heavy (non-hydrogen) atoms. The van der Waals surface area contributed by atoms with Gasteiger partial charge in [-0.1, -0.05) is 0 Å². The van der Waals surface area contributed by atoms with Gasteiger partial charge in [0.15, 0.2) is 11.6 Å². The summed E-state index contributed by atoms with van der Waals surface area (Å²) in [6.07, 6.45) is 2.91. The Kier molecular flexibility index (Phi) is 4.50. The molecule has 3 aromatic rings. The summed E-state index contributed by atoms with van der Waals surface area (Å²) in [5.74, 6) is 3.65. The molecule has 2 heterocycles. The molecule has 140 valence electrons. The van der Waals surface area contributed by atoms with Gasteiger partial charge >= 0.3 is 5.69 Å². The highest BCUT2D eigenvalue weighted by molar-refractivity contribution is 5.74. The second kappa shape index (κ2) is 6.65. The third-order valence-corrected chi connectivity index (χ3v) is 3.95. The van der Waals surface area contributed by atoms with Crippen LogP contribution in [0.2, 0.25) is 0 Å². The Bertz CT molecular complexity index is 1160. The number of nitrogens with zero attached hydrogens (tertiary/aromatic N) is 3. The number of pyridine rings is 1. The molecule has 0 unspecified atom stereocenters. The molecular formula is C17H16F2N6O2. The van der Waals surface area contributed by atoms with Gasteiger partial charge in [0, 0.05) is 24.0 Å². The van der Waals surface area contributed by atoms with Gasteiger partial charge in [-0.15, -0.1) is 0 Å². The standard InChI is InChI=1S/C17H16F2N6O2/c1-8-3-10(7-22-6-8)24-16(26)15(9(2)23-17(24)27)25(21)14-5-12(19)11(18)4-13(14)20/h3-7H,20-21H2,1-2H3,(H,23,27). The van der Waals surface area contributed by atoms with E-state index in [1.807, 2.05) is 0 Å². The van der Waals surface area contributed by atoms with Gasteiger partial charge in [-0.05, 0) is 25.5 Å². The molecule has 10 heteroatoms. The summed E-state index contributed by atoms with van der Waals surface area (Å²) in [5, 5.41) is 0.811. The number of nitrogens with two attached hydrogens (primary N) is 2. The van der Waals surface area contributed by atoms with Crippen LogP contribution >= 0.6 is 0 Å². The second-order valence-corrected chi connectivity index (χ2v) is 5.96. The van der Waals surface area contributed by atoms with Crippen LogP contribution in [0.1, 0.15) is 11.3 Å². The molecule has 2 aromatic heterocycles. The number of aromatic nitrogens is 3. The van der Waals surface area contributed by atoms with E-state index in [9.17, 15) is 18.4 Å². The van der Waals surface area contributed by atoms with Gasteiger partial charge in [0.05, 0.1) is 23.3 Å². The highest BCUT2D eigenvalue weighted by Gasteiger charge is 2.21. The molecule has 1 aromatic carbocycles. The van der Waals surface area contributed by atoms with Crippen molar-refractivity contribution in [2.75, 3.05) is 10.7 Å². The Morgan fingerprint density at radius 2 is 1.78 bits per heavy atom. The topological polar surface area (TPSA) is 123 Å². The van der Waals surface area contributed by atoms with Gasteiger partial charge in [0.2, 0.25) is 0 Å². The van der Waals surface area contributed by atoms with Crippen molar-refractivity contribution in [3.8, 4) is 5.69 Å². The highest BCUT2D eigenvalue weighted by atomic mass is 19.2. The maximum Gasteiger partial charge on any atom is 0.333 e. The van der Waals surface area contributed by atoms with Crippen LogP contribution in [0, 0.1) is 25.5 Å². The van der Waals surface area contributed by atoms with Crippen molar-refractivity contribution in [1.29, 1.82) is 0 Å². The van der Waals surface area contributed by atoms with Crippen molar-refractivity contribution in [3.63, 3.8) is 0 Å². The number of nitrogens with one attached hydrogen (secondary N) is 1. The number of nitrogen functional groups attached to an aromatic ring is 1. The quantitative estimate of drug-likeness (QED) is 0.362. The van der Waals surface area contributed by atoms with Crippen LogP contribution in [0.15, 0.2) is 40.2 Å². The lowest BCUT2D eigenvalue weighted by Crippen LogP contribution is -2.41. The number of H-pyrrole nitrogens is 1. The molecule has 5 N–H and O–H groups in total. The van der Waals surface area contributed by atoms with Crippen molar-refractivity contribution in [1.82, 2.24) is 14.5 Å². The average Bonchev–Trinajstić information content (AvgIpc) is 2.57. The van der Waals surface area contributed by atoms with E-state index >= 15 is 0 Å². The van der Waals surface area contributed by atoms with Gasteiger partial charge in [-0.2, -0.15) is 0 Å². The summed E-state index contributed by atoms with van der Waals surface area (Å²) in [6, 6.07) is 3.12. The molecule has 0 fully saturated rings. The highest BCUT2D eigenvalue weighted by Crippen LogP contribution is 2.29. The van der Waals surface area contributed by atoms with Crippen LogP contribution in [-0.2, 0) is 0 Å². The van der Waals surface area contributed by atoms with Gasteiger partial charge in [0.25, 0.3) is 5.56 Å². The van der Waals surface area contributed by atoms with E-state index in [0.717, 1.165) is 27.3 Å². The zero-order valence-corrected chi connectivity index (χ0v) is 14.5. The molecule has 0 saturated carbocycles. The maximum absolute atomic E-state index is 13.6. The molecule has 0 spiro atoms. The third kappa shape index (κ3) is 3.17. The van der Waals surface area contributed by atoms with Crippen molar-refractivity contribution in [2.24, 2.45) is 5.84 Å². The number of aryl methyl sites for hydroxylation is 2. The average molecular weight is 374 g/mol. The Labute approximate surface area is 151 Å². The van der Waals surface area contributed by atoms with Gasteiger partial charge < -0.3 is 10.7 Å². The van der Waals surface area contributed by atoms with E-state index in [4.69, 9.17) is 11.6 Å². The number of anilines is 3. The summed E-state index contributed by atoms with van der Waals surface area (Å²) in [6.45, 7) is 3.20. The molecule has 0 saturated heterocycles. The molecule has 0 aliphatic rings. The van der Waals surface area contributed by atoms with Crippen LogP contribution < -0.4 is 27.8 Å². The van der Waals surface area contributed by atoms with E-state index in [-0.39, 0.29) is 28.4 Å². The molecule has 0 radical (unpaired) electrons. The predicted molar refractivity (Wildman–Crippen MR) is 97.0 cm³/mol. The monoisotopic (exact) mass is 374 g/mol. The van der Waals surface area contributed by atoms with Gasteiger partial charge in [-0.25, -0.2) is 24.0 Å². The van der Waals surface area contributed by atoms with Crippen LogP contribution in [0.5, 0.6) is 0 Å². The van der Waals surface area contributed by atoms with Crippen molar-refractivity contribution >= 4 is 17.1 Å². The lowest BCUT2D eigenvalue weighted by atomic mass is 10.2. The SMILES string of the molecule is Cc1cncc(-n2c(=O)[nH]c(C)c(N(N)c3cc(F)c(F)cc3N)c2=O)c1. The van der Waals surface area contributed by atoms with Crippen molar-refractivity contribution < 1.29 is 8.78 Å². The van der Waals surface area contributed by atoms with E-state index in [1.165, 1.54) is 13.1 Å². The number of halogens is 2. The molecule has 3 rings (SSSR count). The zero-order chi connectivity index (χ0) is 19.9. The summed E-state index contributed by atoms with van der Waals surface area (Å²) in [5.41, 5.74) is 4.88. The van der Waals surface area contributed by atoms with Crippen LogP contribution in [0.4, 0.5) is 25.8 Å². The minimum absolute atomic E-state index is 0.130. The van der Waals surface area contributed by atoms with E-state index in [0.29, 0.717) is 0 Å². The summed E-state index contributed by atoms with van der Waals surface area (Å²) >= 11 is 0. The normalized spacial score (nSPS) is 10.9. The Morgan fingerprint density at radius 1 is 1.11 bits per heavy atom. The Balaban J connectivity index is 2.26. The van der Waals surface area contributed by atoms with E-state index < -0.39 is 22.9 Å². The summed E-state index contributed by atoms with van der Waals surface area (Å²) in [4.78, 5) is 31.8. The smallest absolute Gasteiger partial charge is 0.333 e. The maximum atomic E-state index is 13.6. The minimum atomic E-state index is -1.18. The number of benzene rings is 1. The molecule has 0 aliphatic carbocycles. The fraction of sp³-hybridized carbons (Fsp3) is 0.118. The number of hydrogen-bond acceptors (Lipinski definition) is 6. The molecule has 8 nitrogen and oxygen atoms in total. The summed E-state index contributed by atoms with van der Waals surface area (Å²) in [7, 11) is 0. The molecule has 0 aliphatic heterocycles. The zero-order valence-electron chi connectivity index (χ0n) is 14.5. The number of hydrogen-bond donors (Lipinski definition) is 3. The number of rotatable bonds is 3. The molecule has 0 amide bonds. The number of aromatic amines is 1.